The summed E-state index contributed by atoms with van der Waals surface area (Å²) in [7, 11) is -0.665. The summed E-state index contributed by atoms with van der Waals surface area (Å²) in [6.07, 6.45) is 9.77. The number of nitrogens with one attached hydrogen (secondary N) is 2. The molecule has 0 amide bonds. The second-order valence-electron chi connectivity index (χ2n) is 7.51. The van der Waals surface area contributed by atoms with Crippen LogP contribution in [0.5, 0.6) is 0 Å². The summed E-state index contributed by atoms with van der Waals surface area (Å²) in [4.78, 5) is 4.87. The van der Waals surface area contributed by atoms with Gasteiger partial charge in [-0.25, -0.2) is 0 Å². The van der Waals surface area contributed by atoms with Crippen molar-refractivity contribution in [2.24, 2.45) is 10.4 Å². The number of hydrogen-bond donors (Lipinski definition) is 2. The fraction of sp³-hybridized carbons (Fsp3) is 0.944. The lowest BCUT2D eigenvalue weighted by molar-refractivity contribution is 0.349. The molecule has 3 unspecified atom stereocenters. The summed E-state index contributed by atoms with van der Waals surface area (Å²) >= 11 is 0. The van der Waals surface area contributed by atoms with Crippen LogP contribution < -0.4 is 10.6 Å². The number of hydrogen-bond acceptors (Lipinski definition) is 2. The van der Waals surface area contributed by atoms with E-state index < -0.39 is 10.8 Å². The molecule has 0 radical (unpaired) electrons. The molecule has 2 N–H and O–H groups in total. The molecule has 3 atom stereocenters. The highest BCUT2D eigenvalue weighted by atomic mass is 127. The van der Waals surface area contributed by atoms with E-state index >= 15 is 0 Å². The van der Waals surface area contributed by atoms with E-state index in [4.69, 9.17) is 4.99 Å². The Morgan fingerprint density at radius 2 is 1.92 bits per heavy atom. The summed E-state index contributed by atoms with van der Waals surface area (Å²) < 4.78 is 12.1. The first-order valence-electron chi connectivity index (χ1n) is 9.48. The Morgan fingerprint density at radius 1 is 1.21 bits per heavy atom. The zero-order chi connectivity index (χ0) is 16.7. The minimum Gasteiger partial charge on any atom is -0.357 e. The highest BCUT2D eigenvalue weighted by molar-refractivity contribution is 14.0. The third-order valence-electron chi connectivity index (χ3n) is 5.40. The Labute approximate surface area is 167 Å². The molecule has 0 bridgehead atoms. The molecule has 2 aliphatic rings. The number of guanidine groups is 1. The first-order valence-corrected chi connectivity index (χ1v) is 10.9. The molecule has 0 aliphatic heterocycles. The van der Waals surface area contributed by atoms with E-state index in [2.05, 4.69) is 24.5 Å². The van der Waals surface area contributed by atoms with Crippen molar-refractivity contribution in [1.29, 1.82) is 0 Å². The maximum atomic E-state index is 12.1. The van der Waals surface area contributed by atoms with E-state index in [9.17, 15) is 4.21 Å². The summed E-state index contributed by atoms with van der Waals surface area (Å²) in [5, 5.41) is 7.37. The van der Waals surface area contributed by atoms with Gasteiger partial charge in [0.2, 0.25) is 0 Å². The lowest BCUT2D eigenvalue weighted by atomic mass is 9.89. The standard InChI is InChI=1S/C18H35N3OS.HI/c1-4-19-17(20-14-18(3)11-6-7-12-18)21-15-9-8-10-16(13-15)23(22)5-2;/h15-16H,4-14H2,1-3H3,(H2,19,20,21);1H. The van der Waals surface area contributed by atoms with Gasteiger partial charge in [0.25, 0.3) is 0 Å². The van der Waals surface area contributed by atoms with Gasteiger partial charge in [0.1, 0.15) is 0 Å². The first kappa shape index (κ1) is 22.2. The summed E-state index contributed by atoms with van der Waals surface area (Å²) in [5.41, 5.74) is 0.390. The molecule has 24 heavy (non-hydrogen) atoms. The Bertz CT molecular complexity index is 424. The molecule has 2 fully saturated rings. The average molecular weight is 469 g/mol. The Kier molecular flexibility index (Phi) is 10.2. The third kappa shape index (κ3) is 6.81. The summed E-state index contributed by atoms with van der Waals surface area (Å²) in [6.45, 7) is 8.32. The molecule has 2 rings (SSSR count). The van der Waals surface area contributed by atoms with Crippen molar-refractivity contribution in [1.82, 2.24) is 10.6 Å². The van der Waals surface area contributed by atoms with E-state index in [-0.39, 0.29) is 24.0 Å². The van der Waals surface area contributed by atoms with Gasteiger partial charge in [-0.05, 0) is 44.4 Å². The highest BCUT2D eigenvalue weighted by Gasteiger charge is 2.29. The van der Waals surface area contributed by atoms with Crippen LogP contribution in [-0.4, -0.2) is 40.3 Å². The topological polar surface area (TPSA) is 53.5 Å². The lowest BCUT2D eigenvalue weighted by Gasteiger charge is -2.30. The van der Waals surface area contributed by atoms with E-state index in [1.807, 2.05) is 6.92 Å². The molecule has 0 aromatic carbocycles. The van der Waals surface area contributed by atoms with Gasteiger partial charge in [-0.2, -0.15) is 0 Å². The van der Waals surface area contributed by atoms with Gasteiger partial charge in [-0.1, -0.05) is 33.1 Å². The quantitative estimate of drug-likeness (QED) is 0.353. The maximum absolute atomic E-state index is 12.1. The van der Waals surface area contributed by atoms with Gasteiger partial charge in [0.05, 0.1) is 0 Å². The van der Waals surface area contributed by atoms with Gasteiger partial charge in [-0.3, -0.25) is 9.20 Å². The van der Waals surface area contributed by atoms with Gasteiger partial charge in [0, 0.05) is 40.9 Å². The second kappa shape index (κ2) is 11.0. The van der Waals surface area contributed by atoms with Gasteiger partial charge < -0.3 is 10.6 Å². The van der Waals surface area contributed by atoms with Crippen molar-refractivity contribution in [3.8, 4) is 0 Å². The van der Waals surface area contributed by atoms with Crippen LogP contribution >= 0.6 is 24.0 Å². The van der Waals surface area contributed by atoms with Crippen LogP contribution in [0.2, 0.25) is 0 Å². The number of rotatable bonds is 6. The SMILES string of the molecule is CCNC(=NCC1(C)CCCC1)NC1CCCC(S(=O)CC)C1.I. The van der Waals surface area contributed by atoms with Crippen molar-refractivity contribution in [2.75, 3.05) is 18.8 Å². The maximum Gasteiger partial charge on any atom is 0.191 e. The molecule has 0 heterocycles. The third-order valence-corrected chi connectivity index (χ3v) is 7.14. The van der Waals surface area contributed by atoms with Crippen LogP contribution in [0.15, 0.2) is 4.99 Å². The van der Waals surface area contributed by atoms with Crippen molar-refractivity contribution < 1.29 is 4.21 Å². The fourth-order valence-corrected chi connectivity index (χ4v) is 5.27. The van der Waals surface area contributed by atoms with Gasteiger partial charge >= 0.3 is 0 Å². The molecule has 6 heteroatoms. The van der Waals surface area contributed by atoms with Gasteiger partial charge in [0.15, 0.2) is 5.96 Å². The smallest absolute Gasteiger partial charge is 0.191 e. The Morgan fingerprint density at radius 3 is 2.54 bits per heavy atom. The number of aliphatic imine (C=N–C) groups is 1. The predicted octanol–water partition coefficient (Wildman–Crippen LogP) is 3.82. The van der Waals surface area contributed by atoms with E-state index in [1.54, 1.807) is 0 Å². The fourth-order valence-electron chi connectivity index (χ4n) is 3.92. The Hall–Kier alpha value is 0.150. The molecule has 2 saturated carbocycles. The zero-order valence-electron chi connectivity index (χ0n) is 15.6. The minimum atomic E-state index is -0.665. The molecule has 142 valence electrons. The average Bonchev–Trinajstić information content (AvgIpc) is 2.99. The van der Waals surface area contributed by atoms with Crippen LogP contribution in [0.4, 0.5) is 0 Å². The number of nitrogens with zero attached hydrogens (tertiary/aromatic N) is 1. The molecule has 0 saturated heterocycles. The van der Waals surface area contributed by atoms with Gasteiger partial charge in [-0.15, -0.1) is 24.0 Å². The lowest BCUT2D eigenvalue weighted by Crippen LogP contribution is -2.47. The molecular weight excluding hydrogens is 433 g/mol. The normalized spacial score (nSPS) is 28.0. The van der Waals surface area contributed by atoms with E-state index in [1.165, 1.54) is 38.5 Å². The molecular formula is C18H36IN3OS. The van der Waals surface area contributed by atoms with Crippen molar-refractivity contribution in [3.05, 3.63) is 0 Å². The number of halogens is 1. The monoisotopic (exact) mass is 469 g/mol. The van der Waals surface area contributed by atoms with E-state index in [0.29, 0.717) is 16.7 Å². The van der Waals surface area contributed by atoms with E-state index in [0.717, 1.165) is 37.6 Å². The first-order chi connectivity index (χ1) is 11.1. The summed E-state index contributed by atoms with van der Waals surface area (Å²) in [6, 6.07) is 0.415. The van der Waals surface area contributed by atoms with Crippen LogP contribution in [0.3, 0.4) is 0 Å². The molecule has 0 aromatic rings. The van der Waals surface area contributed by atoms with Crippen LogP contribution in [-0.2, 0) is 10.8 Å². The van der Waals surface area contributed by atoms with Crippen molar-refractivity contribution >= 4 is 40.7 Å². The van der Waals surface area contributed by atoms with Crippen LogP contribution in [0.25, 0.3) is 0 Å². The predicted molar refractivity (Wildman–Crippen MR) is 116 cm³/mol. The molecule has 4 nitrogen and oxygen atoms in total. The Balaban J connectivity index is 0.00000288. The van der Waals surface area contributed by atoms with Crippen LogP contribution in [0.1, 0.15) is 72.1 Å². The largest absolute Gasteiger partial charge is 0.357 e. The molecule has 0 aromatic heterocycles. The molecule has 2 aliphatic carbocycles. The van der Waals surface area contributed by atoms with Crippen LogP contribution in [0, 0.1) is 5.41 Å². The second-order valence-corrected chi connectivity index (χ2v) is 9.52. The minimum absolute atomic E-state index is 0. The summed E-state index contributed by atoms with van der Waals surface area (Å²) in [5.74, 6) is 1.73. The van der Waals surface area contributed by atoms with Crippen molar-refractivity contribution in [2.45, 2.75) is 83.4 Å². The zero-order valence-corrected chi connectivity index (χ0v) is 18.8. The highest BCUT2D eigenvalue weighted by Crippen LogP contribution is 2.37. The molecule has 0 spiro atoms. The van der Waals surface area contributed by atoms with Crippen molar-refractivity contribution in [3.63, 3.8) is 0 Å².